The van der Waals surface area contributed by atoms with Gasteiger partial charge in [-0.25, -0.2) is 0 Å². The molecule has 0 aliphatic carbocycles. The smallest absolute Gasteiger partial charge is 0.263 e. The monoisotopic (exact) mass is 318 g/mol. The number of hydrogen-bond acceptors (Lipinski definition) is 3. The molecular formula is C14H20Cl2N2O2. The van der Waals surface area contributed by atoms with Gasteiger partial charge in [-0.3, -0.25) is 4.79 Å². The molecule has 0 aromatic heterocycles. The number of nitrogens with zero attached hydrogens (tertiary/aromatic N) is 1. The molecule has 0 saturated carbocycles. The highest BCUT2D eigenvalue weighted by Crippen LogP contribution is 2.19. The van der Waals surface area contributed by atoms with Crippen molar-refractivity contribution in [2.45, 2.75) is 26.0 Å². The van der Waals surface area contributed by atoms with Crippen molar-refractivity contribution in [3.63, 3.8) is 0 Å². The Morgan fingerprint density at radius 3 is 2.95 bits per heavy atom. The van der Waals surface area contributed by atoms with Crippen LogP contribution < -0.4 is 10.1 Å². The molecule has 1 aromatic rings. The average molecular weight is 319 g/mol. The van der Waals surface area contributed by atoms with E-state index in [1.54, 1.807) is 25.1 Å². The van der Waals surface area contributed by atoms with Crippen molar-refractivity contribution in [1.82, 2.24) is 10.2 Å². The zero-order valence-corrected chi connectivity index (χ0v) is 13.2. The molecule has 112 valence electrons. The zero-order valence-electron chi connectivity index (χ0n) is 11.6. The summed E-state index contributed by atoms with van der Waals surface area (Å²) in [6.07, 6.45) is -0.497. The van der Waals surface area contributed by atoms with E-state index in [4.69, 9.17) is 16.3 Å². The summed E-state index contributed by atoms with van der Waals surface area (Å²) in [6.45, 7) is 6.13. The molecule has 1 aliphatic heterocycles. The Kier molecular flexibility index (Phi) is 6.59. The third-order valence-corrected chi connectivity index (χ3v) is 3.37. The molecule has 0 bridgehead atoms. The number of nitrogens with one attached hydrogen (secondary N) is 1. The van der Waals surface area contributed by atoms with E-state index in [-0.39, 0.29) is 18.3 Å². The van der Waals surface area contributed by atoms with Crippen LogP contribution in [0.25, 0.3) is 0 Å². The first-order chi connectivity index (χ1) is 9.06. The van der Waals surface area contributed by atoms with Crippen molar-refractivity contribution in [1.29, 1.82) is 0 Å². The number of benzene rings is 1. The fourth-order valence-electron chi connectivity index (χ4n) is 2.18. The largest absolute Gasteiger partial charge is 0.481 e. The number of rotatable bonds is 3. The van der Waals surface area contributed by atoms with Gasteiger partial charge in [-0.1, -0.05) is 17.7 Å². The molecule has 1 N–H and O–H groups in total. The highest BCUT2D eigenvalue weighted by molar-refractivity contribution is 6.30. The minimum Gasteiger partial charge on any atom is -0.481 e. The molecule has 1 fully saturated rings. The molecule has 1 unspecified atom stereocenters. The third-order valence-electron chi connectivity index (χ3n) is 3.14. The normalized spacial score (nSPS) is 19.9. The first-order valence-corrected chi connectivity index (χ1v) is 6.88. The summed E-state index contributed by atoms with van der Waals surface area (Å²) >= 11 is 5.89. The van der Waals surface area contributed by atoms with Crippen LogP contribution in [-0.2, 0) is 4.79 Å². The van der Waals surface area contributed by atoms with E-state index in [9.17, 15) is 4.79 Å². The maximum Gasteiger partial charge on any atom is 0.263 e. The maximum atomic E-state index is 12.3. The predicted octanol–water partition coefficient (Wildman–Crippen LogP) is 2.35. The summed E-state index contributed by atoms with van der Waals surface area (Å²) < 4.78 is 5.65. The Morgan fingerprint density at radius 2 is 2.30 bits per heavy atom. The Morgan fingerprint density at radius 1 is 1.55 bits per heavy atom. The van der Waals surface area contributed by atoms with E-state index < -0.39 is 6.10 Å². The molecule has 6 heteroatoms. The number of amides is 1. The summed E-state index contributed by atoms with van der Waals surface area (Å²) in [7, 11) is 0. The van der Waals surface area contributed by atoms with Gasteiger partial charge in [-0.05, 0) is 32.0 Å². The minimum atomic E-state index is -0.497. The molecule has 1 amide bonds. The number of piperazine rings is 1. The number of ether oxygens (including phenoxy) is 1. The lowest BCUT2D eigenvalue weighted by Crippen LogP contribution is -2.54. The average Bonchev–Trinajstić information content (AvgIpc) is 2.38. The van der Waals surface area contributed by atoms with Gasteiger partial charge in [0.15, 0.2) is 6.10 Å². The molecule has 1 heterocycles. The predicted molar refractivity (Wildman–Crippen MR) is 82.8 cm³/mol. The van der Waals surface area contributed by atoms with Gasteiger partial charge in [-0.15, -0.1) is 12.4 Å². The van der Waals surface area contributed by atoms with Crippen molar-refractivity contribution in [3.05, 3.63) is 29.3 Å². The Hall–Kier alpha value is -0.970. The van der Waals surface area contributed by atoms with Gasteiger partial charge < -0.3 is 15.0 Å². The van der Waals surface area contributed by atoms with Crippen LogP contribution in [0.4, 0.5) is 0 Å². The standard InChI is InChI=1S/C14H19ClN2O2.ClH/c1-10-9-17(7-6-16-10)14(18)11(2)19-13-5-3-4-12(15)8-13;/h3-5,8,10-11,16H,6-7,9H2,1-2H3;1H/t10-,11?;/m0./s1. The van der Waals surface area contributed by atoms with E-state index in [0.717, 1.165) is 19.6 Å². The quantitative estimate of drug-likeness (QED) is 0.930. The second-order valence-electron chi connectivity index (χ2n) is 4.86. The van der Waals surface area contributed by atoms with Crippen molar-refractivity contribution in [3.8, 4) is 5.75 Å². The van der Waals surface area contributed by atoms with Gasteiger partial charge in [-0.2, -0.15) is 0 Å². The van der Waals surface area contributed by atoms with Crippen molar-refractivity contribution in [2.75, 3.05) is 19.6 Å². The molecule has 1 saturated heterocycles. The molecule has 0 radical (unpaired) electrons. The first kappa shape index (κ1) is 17.1. The van der Waals surface area contributed by atoms with Gasteiger partial charge in [0.1, 0.15) is 5.75 Å². The molecule has 1 aromatic carbocycles. The van der Waals surface area contributed by atoms with Crippen molar-refractivity contribution < 1.29 is 9.53 Å². The number of hydrogen-bond donors (Lipinski definition) is 1. The highest BCUT2D eigenvalue weighted by atomic mass is 35.5. The van der Waals surface area contributed by atoms with Crippen LogP contribution in [0.3, 0.4) is 0 Å². The second kappa shape index (κ2) is 7.72. The van der Waals surface area contributed by atoms with E-state index >= 15 is 0 Å². The van der Waals surface area contributed by atoms with Crippen molar-refractivity contribution >= 4 is 29.9 Å². The molecule has 20 heavy (non-hydrogen) atoms. The first-order valence-electron chi connectivity index (χ1n) is 6.50. The fourth-order valence-corrected chi connectivity index (χ4v) is 2.36. The summed E-state index contributed by atoms with van der Waals surface area (Å²) in [5.41, 5.74) is 0. The second-order valence-corrected chi connectivity index (χ2v) is 5.29. The summed E-state index contributed by atoms with van der Waals surface area (Å²) in [5.74, 6) is 0.643. The lowest BCUT2D eigenvalue weighted by Gasteiger charge is -2.33. The Balaban J connectivity index is 0.00000200. The topological polar surface area (TPSA) is 41.6 Å². The van der Waals surface area contributed by atoms with Crippen LogP contribution in [0.1, 0.15) is 13.8 Å². The number of carbonyl (C=O) groups excluding carboxylic acids is 1. The van der Waals surface area contributed by atoms with Crippen LogP contribution in [0, 0.1) is 0 Å². The van der Waals surface area contributed by atoms with Crippen LogP contribution >= 0.6 is 24.0 Å². The fraction of sp³-hybridized carbons (Fsp3) is 0.500. The number of halogens is 2. The van der Waals surface area contributed by atoms with Gasteiger partial charge in [0.2, 0.25) is 0 Å². The Bertz CT molecular complexity index is 457. The zero-order chi connectivity index (χ0) is 13.8. The summed E-state index contributed by atoms with van der Waals surface area (Å²) in [4.78, 5) is 14.1. The highest BCUT2D eigenvalue weighted by Gasteiger charge is 2.25. The van der Waals surface area contributed by atoms with E-state index in [2.05, 4.69) is 12.2 Å². The van der Waals surface area contributed by atoms with Crippen LogP contribution in [0.5, 0.6) is 5.75 Å². The van der Waals surface area contributed by atoms with E-state index in [1.165, 1.54) is 0 Å². The van der Waals surface area contributed by atoms with Crippen LogP contribution in [0.2, 0.25) is 5.02 Å². The summed E-state index contributed by atoms with van der Waals surface area (Å²) in [5, 5.41) is 3.92. The SMILES string of the molecule is CC(Oc1cccc(Cl)c1)C(=O)N1CCN[C@@H](C)C1.Cl. The molecule has 2 rings (SSSR count). The van der Waals surface area contributed by atoms with E-state index in [1.807, 2.05) is 11.0 Å². The third kappa shape index (κ3) is 4.54. The van der Waals surface area contributed by atoms with Gasteiger partial charge in [0.25, 0.3) is 5.91 Å². The number of carbonyl (C=O) groups is 1. The lowest BCUT2D eigenvalue weighted by atomic mass is 10.2. The van der Waals surface area contributed by atoms with Crippen LogP contribution in [-0.4, -0.2) is 42.6 Å². The molecule has 4 nitrogen and oxygen atoms in total. The molecule has 1 aliphatic rings. The van der Waals surface area contributed by atoms with Crippen LogP contribution in [0.15, 0.2) is 24.3 Å². The van der Waals surface area contributed by atoms with Gasteiger partial charge in [0, 0.05) is 30.7 Å². The molecule has 2 atom stereocenters. The summed E-state index contributed by atoms with van der Waals surface area (Å²) in [6, 6.07) is 7.43. The lowest BCUT2D eigenvalue weighted by molar-refractivity contribution is -0.139. The van der Waals surface area contributed by atoms with Gasteiger partial charge >= 0.3 is 0 Å². The maximum absolute atomic E-state index is 12.3. The minimum absolute atomic E-state index is 0. The van der Waals surface area contributed by atoms with Crippen molar-refractivity contribution in [2.24, 2.45) is 0 Å². The molecular weight excluding hydrogens is 299 g/mol. The van der Waals surface area contributed by atoms with Gasteiger partial charge in [0.05, 0.1) is 0 Å². The Labute approximate surface area is 130 Å². The van der Waals surface area contributed by atoms with E-state index in [0.29, 0.717) is 16.8 Å². The molecule has 0 spiro atoms.